The van der Waals surface area contributed by atoms with Gasteiger partial charge in [0.2, 0.25) is 5.88 Å². The lowest BCUT2D eigenvalue weighted by Crippen LogP contribution is -2.25. The van der Waals surface area contributed by atoms with Crippen molar-refractivity contribution >= 4 is 17.3 Å². The molecule has 18 heavy (non-hydrogen) atoms. The molecule has 90 valence electrons. The summed E-state index contributed by atoms with van der Waals surface area (Å²) < 4.78 is 5.67. The molecule has 1 aliphatic rings. The number of amides is 1. The molecule has 0 saturated carbocycles. The average molecular weight is 241 g/mol. The maximum absolute atomic E-state index is 12.3. The Labute approximate surface area is 104 Å². The highest BCUT2D eigenvalue weighted by Crippen LogP contribution is 2.36. The van der Waals surface area contributed by atoms with Crippen LogP contribution < -0.4 is 15.4 Å². The fourth-order valence-corrected chi connectivity index (χ4v) is 1.91. The van der Waals surface area contributed by atoms with Crippen molar-refractivity contribution in [2.24, 2.45) is 0 Å². The Hall–Kier alpha value is -2.56. The van der Waals surface area contributed by atoms with Crippen molar-refractivity contribution in [3.05, 3.63) is 42.1 Å². The molecule has 0 saturated heterocycles. The average Bonchev–Trinajstić information content (AvgIpc) is 2.48. The summed E-state index contributed by atoms with van der Waals surface area (Å²) in [6, 6.07) is 8.53. The lowest BCUT2D eigenvalue weighted by molar-refractivity contribution is 0.0993. The normalized spacial score (nSPS) is 13.4. The van der Waals surface area contributed by atoms with E-state index < -0.39 is 0 Å². The standard InChI is InChI=1S/C13H11N3O2/c1-16-10-3-2-6-15-12(10)18-11-5-4-8(14)7-9(11)13(16)17/h2-7H,14H2,1H3. The zero-order valence-corrected chi connectivity index (χ0v) is 9.75. The summed E-state index contributed by atoms with van der Waals surface area (Å²) in [5, 5.41) is 0. The van der Waals surface area contributed by atoms with E-state index >= 15 is 0 Å². The van der Waals surface area contributed by atoms with Gasteiger partial charge in [-0.05, 0) is 30.3 Å². The Morgan fingerprint density at radius 3 is 3.00 bits per heavy atom. The SMILES string of the molecule is CN1C(=O)c2cc(N)ccc2Oc2ncccc21. The number of anilines is 2. The van der Waals surface area contributed by atoms with Crippen molar-refractivity contribution in [3.8, 4) is 11.6 Å². The molecule has 1 amide bonds. The third-order valence-corrected chi connectivity index (χ3v) is 2.86. The molecule has 3 rings (SSSR count). The Morgan fingerprint density at radius 2 is 2.17 bits per heavy atom. The molecule has 2 aromatic rings. The van der Waals surface area contributed by atoms with Crippen LogP contribution in [0.15, 0.2) is 36.5 Å². The van der Waals surface area contributed by atoms with Gasteiger partial charge in [0, 0.05) is 18.9 Å². The maximum atomic E-state index is 12.3. The van der Waals surface area contributed by atoms with Gasteiger partial charge >= 0.3 is 0 Å². The van der Waals surface area contributed by atoms with E-state index in [9.17, 15) is 4.79 Å². The number of aromatic nitrogens is 1. The molecule has 0 aliphatic carbocycles. The van der Waals surface area contributed by atoms with Gasteiger partial charge in [0.1, 0.15) is 11.4 Å². The van der Waals surface area contributed by atoms with Crippen LogP contribution >= 0.6 is 0 Å². The summed E-state index contributed by atoms with van der Waals surface area (Å²) in [5.74, 6) is 0.722. The van der Waals surface area contributed by atoms with E-state index in [1.54, 1.807) is 43.6 Å². The van der Waals surface area contributed by atoms with Crippen molar-refractivity contribution in [2.45, 2.75) is 0 Å². The first-order valence-electron chi connectivity index (χ1n) is 5.47. The number of hydrogen-bond acceptors (Lipinski definition) is 4. The minimum Gasteiger partial charge on any atom is -0.436 e. The number of pyridine rings is 1. The minimum absolute atomic E-state index is 0.163. The number of nitrogen functional groups attached to an aromatic ring is 1. The molecular formula is C13H11N3O2. The number of carbonyl (C=O) groups is 1. The summed E-state index contributed by atoms with van der Waals surface area (Å²) in [4.78, 5) is 18.0. The summed E-state index contributed by atoms with van der Waals surface area (Å²) >= 11 is 0. The van der Waals surface area contributed by atoms with E-state index in [2.05, 4.69) is 4.98 Å². The Morgan fingerprint density at radius 1 is 1.33 bits per heavy atom. The van der Waals surface area contributed by atoms with E-state index in [-0.39, 0.29) is 5.91 Å². The third kappa shape index (κ3) is 1.48. The molecule has 2 N–H and O–H groups in total. The number of rotatable bonds is 0. The number of ether oxygens (including phenoxy) is 1. The predicted molar refractivity (Wildman–Crippen MR) is 67.9 cm³/mol. The summed E-state index contributed by atoms with van der Waals surface area (Å²) in [6.45, 7) is 0. The Bertz CT molecular complexity index is 640. The topological polar surface area (TPSA) is 68.5 Å². The number of hydrogen-bond donors (Lipinski definition) is 1. The van der Waals surface area contributed by atoms with Gasteiger partial charge in [0.05, 0.1) is 5.56 Å². The van der Waals surface area contributed by atoms with E-state index in [1.807, 2.05) is 0 Å². The van der Waals surface area contributed by atoms with Gasteiger partial charge in [-0.15, -0.1) is 0 Å². The number of benzene rings is 1. The first kappa shape index (κ1) is 10.6. The van der Waals surface area contributed by atoms with Crippen molar-refractivity contribution in [2.75, 3.05) is 17.7 Å². The number of fused-ring (bicyclic) bond motifs is 2. The minimum atomic E-state index is -0.163. The highest BCUT2D eigenvalue weighted by molar-refractivity contribution is 6.09. The molecule has 2 heterocycles. The first-order chi connectivity index (χ1) is 8.66. The van der Waals surface area contributed by atoms with Gasteiger partial charge in [-0.2, -0.15) is 0 Å². The number of nitrogens with zero attached hydrogens (tertiary/aromatic N) is 2. The Balaban J connectivity index is 2.23. The monoisotopic (exact) mass is 241 g/mol. The van der Waals surface area contributed by atoms with E-state index in [1.165, 1.54) is 4.90 Å². The van der Waals surface area contributed by atoms with Crippen LogP contribution in [0.25, 0.3) is 0 Å². The van der Waals surface area contributed by atoms with Gasteiger partial charge in [0.15, 0.2) is 0 Å². The maximum Gasteiger partial charge on any atom is 0.262 e. The summed E-state index contributed by atoms with van der Waals surface area (Å²) in [5.41, 5.74) is 7.31. The second kappa shape index (κ2) is 3.73. The molecule has 0 unspecified atom stereocenters. The molecule has 0 spiro atoms. The quantitative estimate of drug-likeness (QED) is 0.717. The second-order valence-electron chi connectivity index (χ2n) is 4.05. The third-order valence-electron chi connectivity index (χ3n) is 2.86. The Kier molecular flexibility index (Phi) is 2.19. The van der Waals surface area contributed by atoms with Crippen LogP contribution in [-0.2, 0) is 0 Å². The van der Waals surface area contributed by atoms with Crippen molar-refractivity contribution in [3.63, 3.8) is 0 Å². The number of nitrogens with two attached hydrogens (primary N) is 1. The summed E-state index contributed by atoms with van der Waals surface area (Å²) in [6.07, 6.45) is 1.62. The zero-order valence-electron chi connectivity index (χ0n) is 9.75. The van der Waals surface area contributed by atoms with E-state index in [0.29, 0.717) is 28.6 Å². The molecule has 1 aromatic heterocycles. The zero-order chi connectivity index (χ0) is 12.7. The molecule has 5 nitrogen and oxygen atoms in total. The van der Waals surface area contributed by atoms with Crippen molar-refractivity contribution < 1.29 is 9.53 Å². The molecule has 0 atom stereocenters. The second-order valence-corrected chi connectivity index (χ2v) is 4.05. The highest BCUT2D eigenvalue weighted by Gasteiger charge is 2.26. The lowest BCUT2D eigenvalue weighted by atomic mass is 10.1. The van der Waals surface area contributed by atoms with Crippen LogP contribution in [0, 0.1) is 0 Å². The van der Waals surface area contributed by atoms with Gasteiger partial charge < -0.3 is 15.4 Å². The summed E-state index contributed by atoms with van der Waals surface area (Å²) in [7, 11) is 1.69. The van der Waals surface area contributed by atoms with Crippen LogP contribution in [0.1, 0.15) is 10.4 Å². The lowest BCUT2D eigenvalue weighted by Gasteiger charge is -2.14. The van der Waals surface area contributed by atoms with Crippen LogP contribution in [0.2, 0.25) is 0 Å². The molecule has 1 aromatic carbocycles. The molecule has 0 radical (unpaired) electrons. The van der Waals surface area contributed by atoms with Gasteiger partial charge in [-0.1, -0.05) is 0 Å². The molecular weight excluding hydrogens is 230 g/mol. The van der Waals surface area contributed by atoms with Crippen LogP contribution in [-0.4, -0.2) is 17.9 Å². The van der Waals surface area contributed by atoms with Crippen LogP contribution in [0.3, 0.4) is 0 Å². The van der Waals surface area contributed by atoms with Crippen LogP contribution in [0.4, 0.5) is 11.4 Å². The largest absolute Gasteiger partial charge is 0.436 e. The van der Waals surface area contributed by atoms with E-state index in [0.717, 1.165) is 0 Å². The number of carbonyl (C=O) groups excluding carboxylic acids is 1. The first-order valence-corrected chi connectivity index (χ1v) is 5.47. The fourth-order valence-electron chi connectivity index (χ4n) is 1.91. The van der Waals surface area contributed by atoms with Gasteiger partial charge in [-0.3, -0.25) is 4.79 Å². The molecule has 0 fully saturated rings. The van der Waals surface area contributed by atoms with Gasteiger partial charge in [-0.25, -0.2) is 4.98 Å². The molecule has 5 heteroatoms. The fraction of sp³-hybridized carbons (Fsp3) is 0.0769. The smallest absolute Gasteiger partial charge is 0.262 e. The molecule has 0 bridgehead atoms. The van der Waals surface area contributed by atoms with Crippen molar-refractivity contribution in [1.82, 2.24) is 4.98 Å². The highest BCUT2D eigenvalue weighted by atomic mass is 16.5. The molecule has 1 aliphatic heterocycles. The predicted octanol–water partition coefficient (Wildman–Crippen LogP) is 2.05. The van der Waals surface area contributed by atoms with Crippen molar-refractivity contribution in [1.29, 1.82) is 0 Å². The van der Waals surface area contributed by atoms with E-state index in [4.69, 9.17) is 10.5 Å². The van der Waals surface area contributed by atoms with Gasteiger partial charge in [0.25, 0.3) is 5.91 Å². The van der Waals surface area contributed by atoms with Crippen LogP contribution in [0.5, 0.6) is 11.6 Å².